The van der Waals surface area contributed by atoms with Gasteiger partial charge < -0.3 is 49.6 Å². The molecular weight excluding hydrogens is 628 g/mol. The first-order valence-electron chi connectivity index (χ1n) is 14.9. The van der Waals surface area contributed by atoms with Crippen LogP contribution in [-0.4, -0.2) is 85.7 Å². The molecule has 2 aliphatic heterocycles. The minimum Gasteiger partial charge on any atom is -0.507 e. The summed E-state index contributed by atoms with van der Waals surface area (Å²) in [4.78, 5) is 39.4. The number of phenols is 4. The summed E-state index contributed by atoms with van der Waals surface area (Å²) in [5, 5.41) is 62.4. The average molecular weight is 659 g/mol. The van der Waals surface area contributed by atoms with Gasteiger partial charge in [0.25, 0.3) is 0 Å². The Balaban J connectivity index is 1.21. The second-order valence-electron chi connectivity index (χ2n) is 11.3. The molecule has 5 atom stereocenters. The molecule has 2 aliphatic rings. The maximum absolute atomic E-state index is 13.4. The monoisotopic (exact) mass is 658 g/mol. The number of carbonyl (C=O) groups excluding carboxylic acids is 3. The van der Waals surface area contributed by atoms with E-state index in [9.17, 15) is 45.0 Å². The number of aromatic hydroxyl groups is 4. The van der Waals surface area contributed by atoms with Gasteiger partial charge in [-0.15, -0.1) is 0 Å². The van der Waals surface area contributed by atoms with Gasteiger partial charge in [-0.05, 0) is 47.4 Å². The van der Waals surface area contributed by atoms with Gasteiger partial charge in [0, 0.05) is 18.6 Å². The molecule has 1 saturated heterocycles. The van der Waals surface area contributed by atoms with Crippen LogP contribution in [0.15, 0.2) is 78.9 Å². The summed E-state index contributed by atoms with van der Waals surface area (Å²) in [6, 6.07) is 19.0. The van der Waals surface area contributed by atoms with Gasteiger partial charge in [0.05, 0.1) is 11.1 Å². The Morgan fingerprint density at radius 2 is 1.33 bits per heavy atom. The molecule has 0 amide bonds. The van der Waals surface area contributed by atoms with E-state index in [1.165, 1.54) is 30.3 Å². The molecule has 4 aromatic rings. The molecule has 13 heteroatoms. The van der Waals surface area contributed by atoms with Crippen LogP contribution in [0.4, 0.5) is 0 Å². The first-order valence-corrected chi connectivity index (χ1v) is 14.9. The fraction of sp³-hybridized carbons (Fsp3) is 0.229. The minimum absolute atomic E-state index is 0.0975. The smallest absolute Gasteiger partial charge is 0.339 e. The molecule has 0 radical (unpaired) electrons. The second kappa shape index (κ2) is 13.2. The molecule has 6 rings (SSSR count). The molecule has 0 aliphatic carbocycles. The molecular formula is C35H30O13. The Kier molecular flexibility index (Phi) is 8.91. The Morgan fingerprint density at radius 3 is 1.96 bits per heavy atom. The Bertz CT molecular complexity index is 1860. The van der Waals surface area contributed by atoms with Gasteiger partial charge in [0.2, 0.25) is 6.29 Å². The number of Topliss-reactive ketones (excluding diaryl/α,β-unsaturated/α-hetero) is 1. The van der Waals surface area contributed by atoms with Crippen LogP contribution >= 0.6 is 0 Å². The number of fused-ring (bicyclic) bond motifs is 4. The van der Waals surface area contributed by atoms with Crippen LogP contribution < -0.4 is 4.74 Å². The highest BCUT2D eigenvalue weighted by molar-refractivity contribution is 6.03. The van der Waals surface area contributed by atoms with Crippen LogP contribution in [0.3, 0.4) is 0 Å². The van der Waals surface area contributed by atoms with Crippen molar-refractivity contribution in [2.45, 2.75) is 43.5 Å². The molecule has 48 heavy (non-hydrogen) atoms. The van der Waals surface area contributed by atoms with Gasteiger partial charge in [-0.25, -0.2) is 9.59 Å². The second-order valence-corrected chi connectivity index (χ2v) is 11.3. The lowest BCUT2D eigenvalue weighted by atomic mass is 9.95. The van der Waals surface area contributed by atoms with Crippen molar-refractivity contribution in [3.63, 3.8) is 0 Å². The van der Waals surface area contributed by atoms with Crippen molar-refractivity contribution in [1.29, 1.82) is 0 Å². The molecule has 1 fully saturated rings. The lowest BCUT2D eigenvalue weighted by Crippen LogP contribution is -2.61. The van der Waals surface area contributed by atoms with Gasteiger partial charge in [0.1, 0.15) is 47.7 Å². The van der Waals surface area contributed by atoms with E-state index in [2.05, 4.69) is 0 Å². The van der Waals surface area contributed by atoms with Crippen LogP contribution in [0.5, 0.6) is 28.7 Å². The molecule has 4 aromatic carbocycles. The highest BCUT2D eigenvalue weighted by atomic mass is 16.7. The molecule has 0 unspecified atom stereocenters. The van der Waals surface area contributed by atoms with Gasteiger partial charge in [-0.1, -0.05) is 42.5 Å². The molecule has 248 valence electrons. The van der Waals surface area contributed by atoms with Crippen molar-refractivity contribution in [1.82, 2.24) is 0 Å². The number of aliphatic hydroxyl groups is 2. The predicted octanol–water partition coefficient (Wildman–Crippen LogP) is 3.21. The van der Waals surface area contributed by atoms with Crippen LogP contribution in [0.25, 0.3) is 11.1 Å². The van der Waals surface area contributed by atoms with Crippen molar-refractivity contribution in [2.24, 2.45) is 0 Å². The van der Waals surface area contributed by atoms with E-state index in [0.29, 0.717) is 16.7 Å². The van der Waals surface area contributed by atoms with Crippen molar-refractivity contribution < 1.29 is 64.0 Å². The number of hydrogen-bond donors (Lipinski definition) is 6. The number of rotatable bonds is 6. The van der Waals surface area contributed by atoms with Gasteiger partial charge in [0.15, 0.2) is 23.4 Å². The SMILES string of the molecule is O=C1OC[C@H]2O[C@@H](Oc3cc(O)c(C(=O)CCc4ccc(O)c(O)c4)c(O)c3)[C@H](O)[C@@H](O)[C@@H]2OC(=O)c2ccccc2-c2ccccc21. The van der Waals surface area contributed by atoms with Crippen molar-refractivity contribution in [3.8, 4) is 39.9 Å². The highest BCUT2D eigenvalue weighted by Gasteiger charge is 2.49. The first kappa shape index (κ1) is 32.3. The maximum Gasteiger partial charge on any atom is 0.339 e. The molecule has 0 spiro atoms. The molecule has 0 saturated carbocycles. The average Bonchev–Trinajstić information content (AvgIpc) is 3.08. The lowest BCUT2D eigenvalue weighted by Gasteiger charge is -2.41. The van der Waals surface area contributed by atoms with E-state index < -0.39 is 72.1 Å². The van der Waals surface area contributed by atoms with Crippen molar-refractivity contribution >= 4 is 17.7 Å². The van der Waals surface area contributed by atoms with Crippen molar-refractivity contribution in [3.05, 3.63) is 101 Å². The zero-order chi connectivity index (χ0) is 34.1. The number of ether oxygens (including phenoxy) is 4. The third-order valence-corrected chi connectivity index (χ3v) is 8.13. The van der Waals surface area contributed by atoms with Crippen LogP contribution in [0, 0.1) is 0 Å². The summed E-state index contributed by atoms with van der Waals surface area (Å²) in [7, 11) is 0. The lowest BCUT2D eigenvalue weighted by molar-refractivity contribution is -0.276. The predicted molar refractivity (Wildman–Crippen MR) is 165 cm³/mol. The summed E-state index contributed by atoms with van der Waals surface area (Å²) in [5.74, 6) is -4.47. The summed E-state index contributed by atoms with van der Waals surface area (Å²) in [5.41, 5.74) is 1.20. The van der Waals surface area contributed by atoms with Crippen LogP contribution in [0.1, 0.15) is 43.1 Å². The summed E-state index contributed by atoms with van der Waals surface area (Å²) in [6.45, 7) is -0.520. The number of carbonyl (C=O) groups is 3. The Morgan fingerprint density at radius 1 is 0.729 bits per heavy atom. The largest absolute Gasteiger partial charge is 0.507 e. The zero-order valence-electron chi connectivity index (χ0n) is 25.1. The third-order valence-electron chi connectivity index (χ3n) is 8.13. The van der Waals surface area contributed by atoms with Gasteiger partial charge in [-0.2, -0.15) is 0 Å². The van der Waals surface area contributed by atoms with E-state index in [-0.39, 0.29) is 41.2 Å². The zero-order valence-corrected chi connectivity index (χ0v) is 25.1. The number of aryl methyl sites for hydroxylation is 1. The van der Waals surface area contributed by atoms with E-state index in [1.54, 1.807) is 36.4 Å². The number of benzene rings is 4. The molecule has 6 N–H and O–H groups in total. The molecule has 0 bridgehead atoms. The maximum atomic E-state index is 13.4. The van der Waals surface area contributed by atoms with E-state index >= 15 is 0 Å². The number of aliphatic hydroxyl groups excluding tert-OH is 2. The number of ketones is 1. The topological polar surface area (TPSA) is 210 Å². The van der Waals surface area contributed by atoms with Gasteiger partial charge >= 0.3 is 11.9 Å². The fourth-order valence-electron chi connectivity index (χ4n) is 5.68. The quantitative estimate of drug-likeness (QED) is 0.100. The third kappa shape index (κ3) is 6.34. The molecule has 2 heterocycles. The highest BCUT2D eigenvalue weighted by Crippen LogP contribution is 2.37. The van der Waals surface area contributed by atoms with E-state index in [4.69, 9.17) is 18.9 Å². The Hall–Kier alpha value is -5.63. The van der Waals surface area contributed by atoms with E-state index in [1.807, 2.05) is 0 Å². The summed E-state index contributed by atoms with van der Waals surface area (Å²) >= 11 is 0. The molecule has 13 nitrogen and oxygen atoms in total. The number of phenolic OH excluding ortho intramolecular Hbond substituents is 4. The number of hydrogen-bond acceptors (Lipinski definition) is 13. The Labute approximate surface area is 272 Å². The first-order chi connectivity index (χ1) is 23.0. The van der Waals surface area contributed by atoms with E-state index in [0.717, 1.165) is 12.1 Å². The normalized spacial score (nSPS) is 22.2. The fourth-order valence-corrected chi connectivity index (χ4v) is 5.68. The van der Waals surface area contributed by atoms with Crippen LogP contribution in [-0.2, 0) is 20.6 Å². The molecule has 0 aromatic heterocycles. The summed E-state index contributed by atoms with van der Waals surface area (Å²) < 4.78 is 22.6. The summed E-state index contributed by atoms with van der Waals surface area (Å²) in [6.07, 6.45) is -8.19. The van der Waals surface area contributed by atoms with Crippen LogP contribution in [0.2, 0.25) is 0 Å². The number of esters is 2. The van der Waals surface area contributed by atoms with Crippen molar-refractivity contribution in [2.75, 3.05) is 6.61 Å². The number of cyclic esters (lactones) is 1. The standard InChI is InChI=1S/C35H30O13/c36-23-11-9-17(13-25(23)38)10-12-24(37)29-26(39)14-18(15-27(29)40)46-35-31(42)30(41)32-28(47-35)16-45-33(43)21-7-3-1-5-19(21)20-6-2-4-8-22(20)34(44)48-32/h1-9,11,13-15,28,30-32,35-36,38-42H,10,12,16H2/t28-,30-,31-,32-,35-/m1/s1. The van der Waals surface area contributed by atoms with Gasteiger partial charge in [-0.3, -0.25) is 4.79 Å². The minimum atomic E-state index is -1.83.